The Morgan fingerprint density at radius 1 is 1.08 bits per heavy atom. The third kappa shape index (κ3) is 3.00. The molecule has 3 N–H and O–H groups in total. The average molecular weight is 364 g/mol. The van der Waals surface area contributed by atoms with Crippen molar-refractivity contribution in [3.8, 4) is 0 Å². The highest BCUT2D eigenvalue weighted by atomic mass is 35.5. The van der Waals surface area contributed by atoms with Gasteiger partial charge >= 0.3 is 0 Å². The Kier molecular flexibility index (Phi) is 4.07. The van der Waals surface area contributed by atoms with Gasteiger partial charge in [0, 0.05) is 28.7 Å². The highest BCUT2D eigenvalue weighted by Crippen LogP contribution is 2.34. The van der Waals surface area contributed by atoms with Gasteiger partial charge in [0.2, 0.25) is 0 Å². The molecule has 26 heavy (non-hydrogen) atoms. The van der Waals surface area contributed by atoms with Crippen LogP contribution in [0.3, 0.4) is 0 Å². The molecule has 0 saturated heterocycles. The van der Waals surface area contributed by atoms with Crippen LogP contribution in [-0.2, 0) is 4.79 Å². The molecule has 0 fully saturated rings. The summed E-state index contributed by atoms with van der Waals surface area (Å²) in [6.45, 7) is 0. The third-order valence-corrected chi connectivity index (χ3v) is 4.44. The maximum atomic E-state index is 12.6. The van der Waals surface area contributed by atoms with Gasteiger partial charge in [-0.05, 0) is 48.5 Å². The monoisotopic (exact) mass is 363 g/mol. The molecule has 3 aromatic rings. The van der Waals surface area contributed by atoms with Gasteiger partial charge in [-0.1, -0.05) is 23.7 Å². The zero-order valence-corrected chi connectivity index (χ0v) is 14.3. The van der Waals surface area contributed by atoms with Crippen LogP contribution in [0.25, 0.3) is 11.6 Å². The summed E-state index contributed by atoms with van der Waals surface area (Å²) in [4.78, 5) is 27.9. The number of amides is 2. The predicted octanol–water partition coefficient (Wildman–Crippen LogP) is 4.41. The number of rotatable bonds is 3. The largest absolute Gasteiger partial charge is 0.362 e. The second kappa shape index (κ2) is 6.54. The fraction of sp³-hybridized carbons (Fsp3) is 0. The summed E-state index contributed by atoms with van der Waals surface area (Å²) in [6.07, 6.45) is 3.55. The fourth-order valence-electron chi connectivity index (χ4n) is 2.82. The molecule has 2 aromatic carbocycles. The summed E-state index contributed by atoms with van der Waals surface area (Å²) in [7, 11) is 0. The Hall–Kier alpha value is -3.31. The number of fused-ring (bicyclic) bond motifs is 1. The van der Waals surface area contributed by atoms with Gasteiger partial charge < -0.3 is 15.6 Å². The van der Waals surface area contributed by atoms with E-state index in [1.54, 1.807) is 54.7 Å². The molecule has 1 aliphatic rings. The number of benzene rings is 2. The normalized spacial score (nSPS) is 14.2. The van der Waals surface area contributed by atoms with Crippen LogP contribution >= 0.6 is 11.6 Å². The van der Waals surface area contributed by atoms with Crippen molar-refractivity contribution < 1.29 is 9.59 Å². The van der Waals surface area contributed by atoms with Crippen molar-refractivity contribution >= 4 is 46.4 Å². The van der Waals surface area contributed by atoms with Gasteiger partial charge in [-0.2, -0.15) is 0 Å². The summed E-state index contributed by atoms with van der Waals surface area (Å²) in [6, 6.07) is 15.8. The molecular weight excluding hydrogens is 350 g/mol. The van der Waals surface area contributed by atoms with Crippen molar-refractivity contribution in [1.29, 1.82) is 0 Å². The standard InChI is InChI=1S/C20H14ClN3O2/c21-16-5-1-2-6-18(16)24-19(25)12-7-8-17-14(10-12)15(20(26)23-17)11-13-4-3-9-22-13/h1-11,22H,(H,23,26)(H,24,25)/b15-11-. The Morgan fingerprint density at radius 2 is 1.92 bits per heavy atom. The maximum Gasteiger partial charge on any atom is 0.256 e. The van der Waals surface area contributed by atoms with Gasteiger partial charge in [0.25, 0.3) is 11.8 Å². The number of nitrogens with one attached hydrogen (secondary N) is 3. The number of hydrogen-bond acceptors (Lipinski definition) is 2. The van der Waals surface area contributed by atoms with Crippen molar-refractivity contribution in [2.24, 2.45) is 0 Å². The molecule has 1 aliphatic heterocycles. The molecule has 0 saturated carbocycles. The maximum absolute atomic E-state index is 12.6. The van der Waals surface area contributed by atoms with E-state index in [0.717, 1.165) is 5.69 Å². The zero-order chi connectivity index (χ0) is 18.1. The molecule has 0 aliphatic carbocycles. The van der Waals surface area contributed by atoms with Crippen LogP contribution in [0.4, 0.5) is 11.4 Å². The Bertz CT molecular complexity index is 1040. The molecule has 2 amide bonds. The number of halogens is 1. The van der Waals surface area contributed by atoms with Gasteiger partial charge in [-0.15, -0.1) is 0 Å². The van der Waals surface area contributed by atoms with E-state index < -0.39 is 0 Å². The molecule has 6 heteroatoms. The van der Waals surface area contributed by atoms with Crippen LogP contribution in [0.1, 0.15) is 21.6 Å². The molecule has 0 atom stereocenters. The first kappa shape index (κ1) is 16.2. The van der Waals surface area contributed by atoms with E-state index in [0.29, 0.717) is 33.1 Å². The number of hydrogen-bond donors (Lipinski definition) is 3. The van der Waals surface area contributed by atoms with Gasteiger partial charge in [-0.25, -0.2) is 0 Å². The first-order chi connectivity index (χ1) is 12.6. The molecular formula is C20H14ClN3O2. The molecule has 0 unspecified atom stereocenters. The van der Waals surface area contributed by atoms with Gasteiger partial charge in [0.1, 0.15) is 0 Å². The molecule has 0 spiro atoms. The smallest absolute Gasteiger partial charge is 0.256 e. The Balaban J connectivity index is 1.67. The average Bonchev–Trinajstić information content (AvgIpc) is 3.25. The lowest BCUT2D eigenvalue weighted by atomic mass is 10.0. The van der Waals surface area contributed by atoms with Crippen molar-refractivity contribution in [3.63, 3.8) is 0 Å². The van der Waals surface area contributed by atoms with Crippen LogP contribution in [0, 0.1) is 0 Å². The summed E-state index contributed by atoms with van der Waals surface area (Å²) in [5.41, 5.74) is 3.68. The topological polar surface area (TPSA) is 74.0 Å². The molecule has 5 nitrogen and oxygen atoms in total. The Morgan fingerprint density at radius 3 is 2.69 bits per heavy atom. The van der Waals surface area contributed by atoms with E-state index in [1.807, 2.05) is 12.1 Å². The van der Waals surface area contributed by atoms with E-state index in [2.05, 4.69) is 15.6 Å². The van der Waals surface area contributed by atoms with Gasteiger partial charge in [0.05, 0.1) is 16.3 Å². The SMILES string of the molecule is O=C1Nc2ccc(C(=O)Nc3ccccc3Cl)cc2/C1=C/c1ccc[nH]1. The number of anilines is 2. The first-order valence-electron chi connectivity index (χ1n) is 7.98. The van der Waals surface area contributed by atoms with E-state index in [9.17, 15) is 9.59 Å². The number of aromatic amines is 1. The van der Waals surface area contributed by atoms with Crippen LogP contribution in [0.5, 0.6) is 0 Å². The van der Waals surface area contributed by atoms with E-state index in [1.165, 1.54) is 0 Å². The molecule has 128 valence electrons. The summed E-state index contributed by atoms with van der Waals surface area (Å²) < 4.78 is 0. The van der Waals surface area contributed by atoms with Crippen LogP contribution in [0.2, 0.25) is 5.02 Å². The number of para-hydroxylation sites is 1. The van der Waals surface area contributed by atoms with E-state index >= 15 is 0 Å². The Labute approximate surface area is 154 Å². The lowest BCUT2D eigenvalue weighted by Crippen LogP contribution is -2.12. The lowest BCUT2D eigenvalue weighted by molar-refractivity contribution is -0.110. The van der Waals surface area contributed by atoms with Crippen LogP contribution in [-0.4, -0.2) is 16.8 Å². The lowest BCUT2D eigenvalue weighted by Gasteiger charge is -2.08. The summed E-state index contributed by atoms with van der Waals surface area (Å²) >= 11 is 6.09. The number of H-pyrrole nitrogens is 1. The molecule has 4 rings (SSSR count). The minimum Gasteiger partial charge on any atom is -0.362 e. The summed E-state index contributed by atoms with van der Waals surface area (Å²) in [5.74, 6) is -0.488. The predicted molar refractivity (Wildman–Crippen MR) is 103 cm³/mol. The number of carbonyl (C=O) groups excluding carboxylic acids is 2. The highest BCUT2D eigenvalue weighted by Gasteiger charge is 2.25. The fourth-order valence-corrected chi connectivity index (χ4v) is 3.00. The molecule has 1 aromatic heterocycles. The third-order valence-electron chi connectivity index (χ3n) is 4.11. The number of carbonyl (C=O) groups is 2. The van der Waals surface area contributed by atoms with Crippen LogP contribution < -0.4 is 10.6 Å². The zero-order valence-electron chi connectivity index (χ0n) is 13.5. The van der Waals surface area contributed by atoms with Crippen molar-refractivity contribution in [1.82, 2.24) is 4.98 Å². The van der Waals surface area contributed by atoms with Crippen molar-refractivity contribution in [2.45, 2.75) is 0 Å². The first-order valence-corrected chi connectivity index (χ1v) is 8.36. The number of aromatic nitrogens is 1. The van der Waals surface area contributed by atoms with Crippen LogP contribution in [0.15, 0.2) is 60.8 Å². The molecule has 2 heterocycles. The summed E-state index contributed by atoms with van der Waals surface area (Å²) in [5, 5.41) is 6.06. The van der Waals surface area contributed by atoms with E-state index in [4.69, 9.17) is 11.6 Å². The minimum absolute atomic E-state index is 0.196. The van der Waals surface area contributed by atoms with Gasteiger partial charge in [0.15, 0.2) is 0 Å². The van der Waals surface area contributed by atoms with Gasteiger partial charge in [-0.3, -0.25) is 9.59 Å². The minimum atomic E-state index is -0.292. The molecule has 0 radical (unpaired) electrons. The second-order valence-corrected chi connectivity index (χ2v) is 6.24. The highest BCUT2D eigenvalue weighted by molar-refractivity contribution is 6.35. The van der Waals surface area contributed by atoms with Crippen molar-refractivity contribution in [2.75, 3.05) is 10.6 Å². The molecule has 0 bridgehead atoms. The second-order valence-electron chi connectivity index (χ2n) is 5.83. The van der Waals surface area contributed by atoms with Crippen molar-refractivity contribution in [3.05, 3.63) is 82.6 Å². The quantitative estimate of drug-likeness (QED) is 0.603. The van der Waals surface area contributed by atoms with E-state index in [-0.39, 0.29) is 11.8 Å².